The maximum atomic E-state index is 12.6. The number of ether oxygens (including phenoxy) is 1. The van der Waals surface area contributed by atoms with Crippen molar-refractivity contribution in [2.45, 2.75) is 39.3 Å². The molecular weight excluding hydrogens is 364 g/mol. The molecule has 1 heterocycles. The second-order valence-electron chi connectivity index (χ2n) is 6.81. The third-order valence-electron chi connectivity index (χ3n) is 4.32. The van der Waals surface area contributed by atoms with Gasteiger partial charge in [0.15, 0.2) is 0 Å². The van der Waals surface area contributed by atoms with Crippen molar-refractivity contribution in [2.75, 3.05) is 11.4 Å². The zero-order chi connectivity index (χ0) is 19.4. The summed E-state index contributed by atoms with van der Waals surface area (Å²) in [5, 5.41) is 3.38. The van der Waals surface area contributed by atoms with Gasteiger partial charge in [-0.05, 0) is 56.2 Å². The summed E-state index contributed by atoms with van der Waals surface area (Å²) in [6, 6.07) is 12.7. The van der Waals surface area contributed by atoms with Crippen molar-refractivity contribution >= 4 is 29.1 Å². The van der Waals surface area contributed by atoms with Gasteiger partial charge in [0.25, 0.3) is 5.91 Å². The van der Waals surface area contributed by atoms with Gasteiger partial charge in [-0.3, -0.25) is 9.59 Å². The van der Waals surface area contributed by atoms with Gasteiger partial charge in [0.05, 0.1) is 11.7 Å². The minimum absolute atomic E-state index is 0.0430. The van der Waals surface area contributed by atoms with Crippen LogP contribution in [0.15, 0.2) is 42.5 Å². The van der Waals surface area contributed by atoms with E-state index < -0.39 is 0 Å². The average Bonchev–Trinajstić information content (AvgIpc) is 3.07. The highest BCUT2D eigenvalue weighted by atomic mass is 35.5. The first kappa shape index (κ1) is 19.2. The Balaban J connectivity index is 1.65. The molecule has 1 aliphatic heterocycles. The number of amides is 2. The van der Waals surface area contributed by atoms with E-state index in [-0.39, 0.29) is 17.9 Å². The zero-order valence-corrected chi connectivity index (χ0v) is 16.3. The number of benzene rings is 2. The first-order valence-corrected chi connectivity index (χ1v) is 9.45. The predicted octanol–water partition coefficient (Wildman–Crippen LogP) is 4.18. The number of hydrogen-bond acceptors (Lipinski definition) is 3. The molecule has 2 amide bonds. The summed E-state index contributed by atoms with van der Waals surface area (Å²) >= 11 is 6.04. The molecule has 1 N–H and O–H groups in total. The lowest BCUT2D eigenvalue weighted by molar-refractivity contribution is -0.117. The largest absolute Gasteiger partial charge is 0.490 e. The molecule has 3 rings (SSSR count). The maximum absolute atomic E-state index is 12.6. The molecule has 5 nitrogen and oxygen atoms in total. The fraction of sp³-hybridized carbons (Fsp3) is 0.333. The van der Waals surface area contributed by atoms with Crippen LogP contribution < -0.4 is 15.0 Å². The van der Waals surface area contributed by atoms with Gasteiger partial charge in [0.1, 0.15) is 5.75 Å². The summed E-state index contributed by atoms with van der Waals surface area (Å²) in [5.41, 5.74) is 2.26. The van der Waals surface area contributed by atoms with Crippen LogP contribution in [-0.4, -0.2) is 24.5 Å². The number of nitrogens with one attached hydrogen (secondary N) is 1. The number of carbonyl (C=O) groups excluding carboxylic acids is 2. The van der Waals surface area contributed by atoms with Gasteiger partial charge in [-0.15, -0.1) is 0 Å². The lowest BCUT2D eigenvalue weighted by Crippen LogP contribution is -2.25. The first-order valence-electron chi connectivity index (χ1n) is 9.08. The van der Waals surface area contributed by atoms with E-state index in [2.05, 4.69) is 5.32 Å². The van der Waals surface area contributed by atoms with Crippen molar-refractivity contribution in [1.29, 1.82) is 0 Å². The topological polar surface area (TPSA) is 58.6 Å². The molecule has 1 saturated heterocycles. The molecule has 1 fully saturated rings. The van der Waals surface area contributed by atoms with Crippen LogP contribution in [-0.2, 0) is 11.3 Å². The quantitative estimate of drug-likeness (QED) is 0.810. The summed E-state index contributed by atoms with van der Waals surface area (Å²) in [6.45, 7) is 4.95. The lowest BCUT2D eigenvalue weighted by Gasteiger charge is -2.16. The molecule has 0 saturated carbocycles. The second-order valence-corrected chi connectivity index (χ2v) is 7.24. The molecule has 27 heavy (non-hydrogen) atoms. The summed E-state index contributed by atoms with van der Waals surface area (Å²) < 4.78 is 5.70. The SMILES string of the molecule is CC(C)Oc1ccc(Cl)cc1C(=O)NCc1ccc(N2CCCC2=O)cc1. The minimum Gasteiger partial charge on any atom is -0.490 e. The monoisotopic (exact) mass is 386 g/mol. The highest BCUT2D eigenvalue weighted by molar-refractivity contribution is 6.31. The molecule has 2 aromatic carbocycles. The van der Waals surface area contributed by atoms with E-state index in [1.54, 1.807) is 23.1 Å². The normalized spacial score (nSPS) is 13.9. The second kappa shape index (κ2) is 8.44. The van der Waals surface area contributed by atoms with Crippen LogP contribution >= 0.6 is 11.6 Å². The predicted molar refractivity (Wildman–Crippen MR) is 106 cm³/mol. The molecular formula is C21H23ClN2O3. The number of halogens is 1. The molecule has 142 valence electrons. The smallest absolute Gasteiger partial charge is 0.255 e. The van der Waals surface area contributed by atoms with Gasteiger partial charge in [-0.2, -0.15) is 0 Å². The molecule has 0 bridgehead atoms. The maximum Gasteiger partial charge on any atom is 0.255 e. The van der Waals surface area contributed by atoms with E-state index in [1.165, 1.54) is 0 Å². The van der Waals surface area contributed by atoms with Gasteiger partial charge < -0.3 is 15.0 Å². The van der Waals surface area contributed by atoms with Crippen LogP contribution in [0.1, 0.15) is 42.6 Å². The summed E-state index contributed by atoms with van der Waals surface area (Å²) in [4.78, 5) is 26.2. The summed E-state index contributed by atoms with van der Waals surface area (Å²) in [6.07, 6.45) is 1.47. The number of hydrogen-bond donors (Lipinski definition) is 1. The molecule has 0 radical (unpaired) electrons. The fourth-order valence-corrected chi connectivity index (χ4v) is 3.20. The van der Waals surface area contributed by atoms with Gasteiger partial charge in [-0.1, -0.05) is 23.7 Å². The number of nitrogens with zero attached hydrogens (tertiary/aromatic N) is 1. The fourth-order valence-electron chi connectivity index (χ4n) is 3.03. The number of carbonyl (C=O) groups is 2. The van der Waals surface area contributed by atoms with Crippen molar-refractivity contribution in [3.05, 3.63) is 58.6 Å². The third-order valence-corrected chi connectivity index (χ3v) is 4.56. The number of rotatable bonds is 6. The molecule has 0 aliphatic carbocycles. The Bertz CT molecular complexity index is 834. The van der Waals surface area contributed by atoms with Crippen molar-refractivity contribution in [1.82, 2.24) is 5.32 Å². The Morgan fingerprint density at radius 2 is 1.96 bits per heavy atom. The molecule has 0 aromatic heterocycles. The van der Waals surface area contributed by atoms with Gasteiger partial charge in [0.2, 0.25) is 5.91 Å². The van der Waals surface area contributed by atoms with Gasteiger partial charge >= 0.3 is 0 Å². The van der Waals surface area contributed by atoms with Crippen LogP contribution in [0.5, 0.6) is 5.75 Å². The molecule has 6 heteroatoms. The highest BCUT2D eigenvalue weighted by Gasteiger charge is 2.21. The lowest BCUT2D eigenvalue weighted by atomic mass is 10.1. The van der Waals surface area contributed by atoms with Crippen molar-refractivity contribution in [3.8, 4) is 5.75 Å². The van der Waals surface area contributed by atoms with E-state index in [0.717, 1.165) is 24.2 Å². The Labute approximate surface area is 164 Å². The van der Waals surface area contributed by atoms with E-state index in [4.69, 9.17) is 16.3 Å². The van der Waals surface area contributed by atoms with Crippen LogP contribution in [0.3, 0.4) is 0 Å². The standard InChI is InChI=1S/C21H23ClN2O3/c1-14(2)27-19-10-7-16(22)12-18(19)21(26)23-13-15-5-8-17(9-6-15)24-11-3-4-20(24)25/h5-10,12,14H,3-4,11,13H2,1-2H3,(H,23,26). The zero-order valence-electron chi connectivity index (χ0n) is 15.5. The Morgan fingerprint density at radius 3 is 2.59 bits per heavy atom. The summed E-state index contributed by atoms with van der Waals surface area (Å²) in [7, 11) is 0. The molecule has 0 atom stereocenters. The average molecular weight is 387 g/mol. The van der Waals surface area contributed by atoms with Crippen LogP contribution in [0.25, 0.3) is 0 Å². The van der Waals surface area contributed by atoms with E-state index in [1.807, 2.05) is 38.1 Å². The van der Waals surface area contributed by atoms with Crippen LogP contribution in [0, 0.1) is 0 Å². The molecule has 0 unspecified atom stereocenters. The summed E-state index contributed by atoms with van der Waals surface area (Å²) in [5.74, 6) is 0.427. The van der Waals surface area contributed by atoms with Crippen molar-refractivity contribution < 1.29 is 14.3 Å². The highest BCUT2D eigenvalue weighted by Crippen LogP contribution is 2.24. The molecule has 1 aliphatic rings. The number of anilines is 1. The molecule has 0 spiro atoms. The first-order chi connectivity index (χ1) is 12.9. The van der Waals surface area contributed by atoms with Crippen LogP contribution in [0.4, 0.5) is 5.69 Å². The van der Waals surface area contributed by atoms with Gasteiger partial charge in [-0.25, -0.2) is 0 Å². The third kappa shape index (κ3) is 4.80. The Morgan fingerprint density at radius 1 is 1.22 bits per heavy atom. The van der Waals surface area contributed by atoms with Gasteiger partial charge in [0, 0.05) is 30.2 Å². The minimum atomic E-state index is -0.244. The van der Waals surface area contributed by atoms with Crippen molar-refractivity contribution in [3.63, 3.8) is 0 Å². The Kier molecular flexibility index (Phi) is 6.01. The van der Waals surface area contributed by atoms with E-state index in [9.17, 15) is 9.59 Å². The van der Waals surface area contributed by atoms with Crippen molar-refractivity contribution in [2.24, 2.45) is 0 Å². The molecule has 2 aromatic rings. The Hall–Kier alpha value is -2.53. The van der Waals surface area contributed by atoms with E-state index in [0.29, 0.717) is 29.3 Å². The van der Waals surface area contributed by atoms with E-state index >= 15 is 0 Å². The van der Waals surface area contributed by atoms with Crippen LogP contribution in [0.2, 0.25) is 5.02 Å².